The number of hydrogen-bond acceptors (Lipinski definition) is 4. The number of halogens is 5. The smallest absolute Gasteiger partial charge is 0.332 e. The molecule has 30 heavy (non-hydrogen) atoms. The molecule has 2 heterocycles. The van der Waals surface area contributed by atoms with Gasteiger partial charge in [-0.1, -0.05) is 6.07 Å². The van der Waals surface area contributed by atoms with Gasteiger partial charge < -0.3 is 5.32 Å². The molecule has 2 aromatic heterocycles. The lowest BCUT2D eigenvalue weighted by atomic mass is 10.1. The van der Waals surface area contributed by atoms with E-state index in [0.717, 1.165) is 35.1 Å². The Morgan fingerprint density at radius 3 is 2.50 bits per heavy atom. The van der Waals surface area contributed by atoms with Crippen LogP contribution in [0.15, 0.2) is 42.7 Å². The fourth-order valence-corrected chi connectivity index (χ4v) is 2.67. The Kier molecular flexibility index (Phi) is 5.51. The van der Waals surface area contributed by atoms with Gasteiger partial charge in [0, 0.05) is 17.8 Å². The maximum atomic E-state index is 13.9. The largest absolute Gasteiger partial charge is 0.417 e. The van der Waals surface area contributed by atoms with E-state index in [1.165, 1.54) is 6.92 Å². The Morgan fingerprint density at radius 1 is 1.20 bits per heavy atom. The molecular formula is C19H12F5N5O. The van der Waals surface area contributed by atoms with Crippen molar-refractivity contribution >= 4 is 5.91 Å². The van der Waals surface area contributed by atoms with Crippen LogP contribution in [0.25, 0.3) is 5.82 Å². The first-order chi connectivity index (χ1) is 14.1. The first-order valence-electron chi connectivity index (χ1n) is 8.35. The number of rotatable bonds is 4. The third-order valence-corrected chi connectivity index (χ3v) is 4.22. The van der Waals surface area contributed by atoms with Gasteiger partial charge in [0.15, 0.2) is 5.82 Å². The van der Waals surface area contributed by atoms with Crippen LogP contribution in [0.2, 0.25) is 0 Å². The molecule has 1 atom stereocenters. The highest BCUT2D eigenvalue weighted by molar-refractivity contribution is 5.95. The van der Waals surface area contributed by atoms with E-state index in [2.05, 4.69) is 15.4 Å². The molecule has 0 fully saturated rings. The number of nitrogens with zero attached hydrogens (tertiary/aromatic N) is 4. The van der Waals surface area contributed by atoms with E-state index in [1.807, 2.05) is 0 Å². The van der Waals surface area contributed by atoms with E-state index in [9.17, 15) is 32.0 Å². The molecule has 0 spiro atoms. The van der Waals surface area contributed by atoms with Crippen LogP contribution in [0.5, 0.6) is 0 Å². The fraction of sp³-hybridized carbons (Fsp3) is 0.158. The molecule has 1 N–H and O–H groups in total. The molecule has 0 saturated heterocycles. The lowest BCUT2D eigenvalue weighted by Gasteiger charge is -2.13. The highest BCUT2D eigenvalue weighted by atomic mass is 19.4. The van der Waals surface area contributed by atoms with Crippen molar-refractivity contribution in [2.75, 3.05) is 0 Å². The molecule has 154 valence electrons. The van der Waals surface area contributed by atoms with Crippen LogP contribution >= 0.6 is 0 Å². The summed E-state index contributed by atoms with van der Waals surface area (Å²) in [5.74, 6) is -2.56. The molecule has 1 aromatic carbocycles. The number of nitriles is 1. The van der Waals surface area contributed by atoms with Crippen LogP contribution in [0.1, 0.15) is 33.2 Å². The minimum Gasteiger partial charge on any atom is -0.332 e. The number of hydrogen-bond donors (Lipinski definition) is 1. The van der Waals surface area contributed by atoms with Crippen molar-refractivity contribution in [2.24, 2.45) is 0 Å². The predicted molar refractivity (Wildman–Crippen MR) is 93.3 cm³/mol. The van der Waals surface area contributed by atoms with Crippen molar-refractivity contribution in [1.82, 2.24) is 20.1 Å². The number of benzene rings is 1. The zero-order valence-corrected chi connectivity index (χ0v) is 15.2. The van der Waals surface area contributed by atoms with Crippen molar-refractivity contribution in [2.45, 2.75) is 19.1 Å². The molecule has 0 aliphatic rings. The molecule has 0 saturated carbocycles. The first-order valence-corrected chi connectivity index (χ1v) is 8.35. The summed E-state index contributed by atoms with van der Waals surface area (Å²) in [6.45, 7) is 1.47. The molecule has 3 rings (SSSR count). The minimum atomic E-state index is -4.54. The van der Waals surface area contributed by atoms with Gasteiger partial charge in [-0.3, -0.25) is 4.79 Å². The number of aromatic nitrogens is 3. The molecular weight excluding hydrogens is 409 g/mol. The molecule has 3 aromatic rings. The molecule has 0 aliphatic heterocycles. The van der Waals surface area contributed by atoms with Crippen LogP contribution in [-0.2, 0) is 6.18 Å². The third-order valence-electron chi connectivity index (χ3n) is 4.22. The molecule has 6 nitrogen and oxygen atoms in total. The van der Waals surface area contributed by atoms with E-state index in [4.69, 9.17) is 0 Å². The Labute approximate surface area is 166 Å². The van der Waals surface area contributed by atoms with E-state index >= 15 is 0 Å². The summed E-state index contributed by atoms with van der Waals surface area (Å²) >= 11 is 0. The Bertz CT molecular complexity index is 1130. The van der Waals surface area contributed by atoms with Gasteiger partial charge in [-0.05, 0) is 25.1 Å². The summed E-state index contributed by atoms with van der Waals surface area (Å²) in [5, 5.41) is 15.5. The van der Waals surface area contributed by atoms with Crippen molar-refractivity contribution in [1.29, 1.82) is 5.26 Å². The van der Waals surface area contributed by atoms with Crippen molar-refractivity contribution < 1.29 is 26.7 Å². The predicted octanol–water partition coefficient (Wildman–Crippen LogP) is 3.87. The van der Waals surface area contributed by atoms with Crippen molar-refractivity contribution in [3.05, 3.63) is 76.7 Å². The average molecular weight is 421 g/mol. The molecule has 0 bridgehead atoms. The van der Waals surface area contributed by atoms with Gasteiger partial charge in [-0.15, -0.1) is 0 Å². The summed E-state index contributed by atoms with van der Waals surface area (Å²) in [7, 11) is 0. The summed E-state index contributed by atoms with van der Waals surface area (Å²) in [6.07, 6.45) is -2.77. The Morgan fingerprint density at radius 2 is 1.93 bits per heavy atom. The number of carbonyl (C=O) groups is 1. The van der Waals surface area contributed by atoms with Gasteiger partial charge in [0.25, 0.3) is 5.91 Å². The normalized spacial score (nSPS) is 12.3. The highest BCUT2D eigenvalue weighted by Gasteiger charge is 2.31. The summed E-state index contributed by atoms with van der Waals surface area (Å²) in [5.41, 5.74) is -0.926. The monoisotopic (exact) mass is 421 g/mol. The lowest BCUT2D eigenvalue weighted by Crippen LogP contribution is -2.28. The van der Waals surface area contributed by atoms with E-state index in [-0.39, 0.29) is 22.6 Å². The van der Waals surface area contributed by atoms with Crippen LogP contribution in [0.4, 0.5) is 22.0 Å². The van der Waals surface area contributed by atoms with Gasteiger partial charge in [-0.2, -0.15) is 23.5 Å². The lowest BCUT2D eigenvalue weighted by molar-refractivity contribution is -0.137. The quantitative estimate of drug-likeness (QED) is 0.649. The number of carbonyl (C=O) groups excluding carboxylic acids is 1. The summed E-state index contributed by atoms with van der Waals surface area (Å²) < 4.78 is 66.1. The standard InChI is InChI=1S/C19H12F5N5O/c1-10-14(9-27-29(10)17-5-2-11(8-26-17)19(22,23)24)18(30)28-16(7-25)13-4-3-12(20)6-15(13)21/h2-6,8-9,16H,1H3,(H,28,30). The number of amides is 1. The first kappa shape index (κ1) is 20.9. The van der Waals surface area contributed by atoms with Crippen LogP contribution < -0.4 is 5.32 Å². The molecule has 1 amide bonds. The molecule has 0 aliphatic carbocycles. The Balaban J connectivity index is 1.84. The van der Waals surface area contributed by atoms with E-state index in [1.54, 1.807) is 6.07 Å². The molecule has 1 unspecified atom stereocenters. The number of pyridine rings is 1. The second-order valence-corrected chi connectivity index (χ2v) is 6.16. The maximum absolute atomic E-state index is 13.9. The van der Waals surface area contributed by atoms with E-state index < -0.39 is 35.3 Å². The highest BCUT2D eigenvalue weighted by Crippen LogP contribution is 2.29. The summed E-state index contributed by atoms with van der Waals surface area (Å²) in [4.78, 5) is 16.2. The van der Waals surface area contributed by atoms with Crippen LogP contribution in [0, 0.1) is 29.9 Å². The number of alkyl halides is 3. The zero-order chi connectivity index (χ0) is 22.1. The molecule has 11 heteroatoms. The van der Waals surface area contributed by atoms with Gasteiger partial charge in [0.1, 0.15) is 17.7 Å². The maximum Gasteiger partial charge on any atom is 0.417 e. The SMILES string of the molecule is Cc1c(C(=O)NC(C#N)c2ccc(F)cc2F)cnn1-c1ccc(C(F)(F)F)cn1. The topological polar surface area (TPSA) is 83.6 Å². The van der Waals surface area contributed by atoms with Crippen molar-refractivity contribution in [3.63, 3.8) is 0 Å². The average Bonchev–Trinajstić information content (AvgIpc) is 3.07. The van der Waals surface area contributed by atoms with Gasteiger partial charge in [-0.25, -0.2) is 18.4 Å². The molecule has 0 radical (unpaired) electrons. The summed E-state index contributed by atoms with van der Waals surface area (Å²) in [6, 6.07) is 4.82. The Hall–Kier alpha value is -3.81. The van der Waals surface area contributed by atoms with Crippen LogP contribution in [0.3, 0.4) is 0 Å². The second kappa shape index (κ2) is 7.90. The van der Waals surface area contributed by atoms with Gasteiger partial charge in [0.05, 0.1) is 29.1 Å². The van der Waals surface area contributed by atoms with Gasteiger partial charge >= 0.3 is 6.18 Å². The van der Waals surface area contributed by atoms with Crippen LogP contribution in [-0.4, -0.2) is 20.7 Å². The second-order valence-electron chi connectivity index (χ2n) is 6.16. The number of nitrogens with one attached hydrogen (secondary N) is 1. The van der Waals surface area contributed by atoms with E-state index in [0.29, 0.717) is 12.3 Å². The third kappa shape index (κ3) is 4.12. The fourth-order valence-electron chi connectivity index (χ4n) is 2.67. The minimum absolute atomic E-state index is 0.000493. The van der Waals surface area contributed by atoms with Crippen molar-refractivity contribution in [3.8, 4) is 11.9 Å². The van der Waals surface area contributed by atoms with Gasteiger partial charge in [0.2, 0.25) is 0 Å². The zero-order valence-electron chi connectivity index (χ0n) is 15.2.